The molecular formula is C24H28F4. The van der Waals surface area contributed by atoms with Crippen LogP contribution in [0.5, 0.6) is 0 Å². The normalized spacial score (nSPS) is 19.8. The van der Waals surface area contributed by atoms with Crippen LogP contribution in [0, 0.1) is 29.2 Å². The summed E-state index contributed by atoms with van der Waals surface area (Å²) in [5, 5.41) is 0. The van der Waals surface area contributed by atoms with Crippen LogP contribution < -0.4 is 0 Å². The summed E-state index contributed by atoms with van der Waals surface area (Å²) in [5.74, 6) is -2.16. The van der Waals surface area contributed by atoms with Gasteiger partial charge in [0, 0.05) is 6.07 Å². The summed E-state index contributed by atoms with van der Waals surface area (Å²) in [7, 11) is 0. The predicted molar refractivity (Wildman–Crippen MR) is 104 cm³/mol. The van der Waals surface area contributed by atoms with Crippen LogP contribution in [0.1, 0.15) is 74.5 Å². The van der Waals surface area contributed by atoms with Crippen LogP contribution >= 0.6 is 0 Å². The quantitative estimate of drug-likeness (QED) is 0.338. The van der Waals surface area contributed by atoms with Crippen LogP contribution in [-0.2, 0) is 12.8 Å². The molecule has 0 radical (unpaired) electrons. The Balaban J connectivity index is 1.60. The predicted octanol–water partition coefficient (Wildman–Crippen LogP) is 7.49. The first-order chi connectivity index (χ1) is 13.5. The lowest BCUT2D eigenvalue weighted by molar-refractivity contribution is 0.304. The third-order valence-corrected chi connectivity index (χ3v) is 6.11. The van der Waals surface area contributed by atoms with E-state index in [9.17, 15) is 17.6 Å². The molecule has 0 nitrogen and oxygen atoms in total. The minimum Gasteiger partial charge on any atom is -0.207 e. The van der Waals surface area contributed by atoms with Gasteiger partial charge in [0.1, 0.15) is 11.6 Å². The van der Waals surface area contributed by atoms with Gasteiger partial charge in [0.2, 0.25) is 0 Å². The van der Waals surface area contributed by atoms with Crippen molar-refractivity contribution in [1.29, 1.82) is 0 Å². The third kappa shape index (κ3) is 5.15. The minimum atomic E-state index is -1.21. The van der Waals surface area contributed by atoms with Gasteiger partial charge < -0.3 is 0 Å². The van der Waals surface area contributed by atoms with Crippen molar-refractivity contribution >= 4 is 0 Å². The lowest BCUT2D eigenvalue weighted by Crippen LogP contribution is -2.13. The second-order valence-corrected chi connectivity index (χ2v) is 8.07. The number of benzene rings is 2. The highest BCUT2D eigenvalue weighted by atomic mass is 19.2. The average molecular weight is 392 g/mol. The zero-order chi connectivity index (χ0) is 20.1. The smallest absolute Gasteiger partial charge is 0.161 e. The minimum absolute atomic E-state index is 0.0628. The Morgan fingerprint density at radius 1 is 0.750 bits per heavy atom. The summed E-state index contributed by atoms with van der Waals surface area (Å²) in [6.07, 6.45) is 8.84. The summed E-state index contributed by atoms with van der Waals surface area (Å²) in [4.78, 5) is 0. The van der Waals surface area contributed by atoms with Crippen LogP contribution in [-0.4, -0.2) is 0 Å². The summed E-state index contributed by atoms with van der Waals surface area (Å²) >= 11 is 0. The van der Waals surface area contributed by atoms with Crippen LogP contribution in [0.25, 0.3) is 0 Å². The highest BCUT2D eigenvalue weighted by molar-refractivity contribution is 5.29. The maximum atomic E-state index is 14.6. The second-order valence-electron chi connectivity index (χ2n) is 8.07. The van der Waals surface area contributed by atoms with E-state index in [0.717, 1.165) is 30.4 Å². The molecule has 3 rings (SSSR count). The van der Waals surface area contributed by atoms with Crippen molar-refractivity contribution < 1.29 is 17.6 Å². The van der Waals surface area contributed by atoms with Gasteiger partial charge >= 0.3 is 0 Å². The number of hydrogen-bond donors (Lipinski definition) is 0. The van der Waals surface area contributed by atoms with E-state index < -0.39 is 17.5 Å². The molecule has 2 aromatic carbocycles. The van der Waals surface area contributed by atoms with E-state index in [-0.39, 0.29) is 24.2 Å². The van der Waals surface area contributed by atoms with Crippen molar-refractivity contribution in [1.82, 2.24) is 0 Å². The third-order valence-electron chi connectivity index (χ3n) is 6.11. The largest absolute Gasteiger partial charge is 0.207 e. The lowest BCUT2D eigenvalue weighted by Gasteiger charge is -2.29. The Morgan fingerprint density at radius 3 is 2.07 bits per heavy atom. The number of halogens is 4. The SMILES string of the molecule is CCCCC1CCC(c2ccc(CCc3cc(F)c(F)cc3F)c(F)c2)CC1. The Morgan fingerprint density at radius 2 is 1.39 bits per heavy atom. The number of aryl methyl sites for hydroxylation is 2. The standard InChI is InChI=1S/C24H28F4/c1-2-3-4-16-5-7-17(8-6-16)19-11-9-18(21(25)13-19)10-12-20-14-23(27)24(28)15-22(20)26/h9,11,13-17H,2-8,10,12H2,1H3. The van der Waals surface area contributed by atoms with Crippen molar-refractivity contribution in [2.45, 2.75) is 70.6 Å². The maximum Gasteiger partial charge on any atom is 0.161 e. The molecule has 0 spiro atoms. The molecule has 0 unspecified atom stereocenters. The molecular weight excluding hydrogens is 364 g/mol. The van der Waals surface area contributed by atoms with E-state index in [0.29, 0.717) is 17.5 Å². The molecule has 1 aliphatic rings. The molecule has 0 heterocycles. The highest BCUT2D eigenvalue weighted by Gasteiger charge is 2.22. The van der Waals surface area contributed by atoms with E-state index in [1.807, 2.05) is 6.07 Å². The molecule has 4 heteroatoms. The first kappa shape index (κ1) is 20.9. The van der Waals surface area contributed by atoms with Crippen molar-refractivity contribution in [3.05, 3.63) is 70.3 Å². The van der Waals surface area contributed by atoms with Gasteiger partial charge in [0.05, 0.1) is 0 Å². The molecule has 1 fully saturated rings. The van der Waals surface area contributed by atoms with Gasteiger partial charge in [0.15, 0.2) is 11.6 Å². The molecule has 0 saturated heterocycles. The molecule has 0 N–H and O–H groups in total. The Kier molecular flexibility index (Phi) is 7.14. The van der Waals surface area contributed by atoms with Gasteiger partial charge in [-0.25, -0.2) is 17.6 Å². The van der Waals surface area contributed by atoms with Crippen LogP contribution in [0.3, 0.4) is 0 Å². The summed E-state index contributed by atoms with van der Waals surface area (Å²) in [6.45, 7) is 2.22. The fraction of sp³-hybridized carbons (Fsp3) is 0.500. The first-order valence-electron chi connectivity index (χ1n) is 10.4. The van der Waals surface area contributed by atoms with Crippen molar-refractivity contribution in [2.24, 2.45) is 5.92 Å². The maximum absolute atomic E-state index is 14.6. The van der Waals surface area contributed by atoms with Crippen molar-refractivity contribution in [2.75, 3.05) is 0 Å². The van der Waals surface area contributed by atoms with E-state index in [1.165, 1.54) is 32.1 Å². The van der Waals surface area contributed by atoms with Crippen molar-refractivity contribution in [3.8, 4) is 0 Å². The van der Waals surface area contributed by atoms with Gasteiger partial charge in [-0.3, -0.25) is 0 Å². The summed E-state index contributed by atoms with van der Waals surface area (Å²) in [5.41, 5.74) is 1.58. The number of unbranched alkanes of at least 4 members (excludes halogenated alkanes) is 1. The molecule has 2 aromatic rings. The zero-order valence-electron chi connectivity index (χ0n) is 16.4. The van der Waals surface area contributed by atoms with E-state index in [2.05, 4.69) is 6.92 Å². The van der Waals surface area contributed by atoms with Gasteiger partial charge in [-0.05, 0) is 79.2 Å². The highest BCUT2D eigenvalue weighted by Crippen LogP contribution is 2.38. The van der Waals surface area contributed by atoms with Gasteiger partial charge in [-0.2, -0.15) is 0 Å². The van der Waals surface area contributed by atoms with Crippen LogP contribution in [0.2, 0.25) is 0 Å². The van der Waals surface area contributed by atoms with Crippen LogP contribution in [0.4, 0.5) is 17.6 Å². The summed E-state index contributed by atoms with van der Waals surface area (Å²) < 4.78 is 54.6. The van der Waals surface area contributed by atoms with Crippen LogP contribution in [0.15, 0.2) is 30.3 Å². The molecule has 1 saturated carbocycles. The molecule has 0 amide bonds. The van der Waals surface area contributed by atoms with Gasteiger partial charge in [0.25, 0.3) is 0 Å². The lowest BCUT2D eigenvalue weighted by atomic mass is 9.77. The molecule has 152 valence electrons. The molecule has 1 aliphatic carbocycles. The van der Waals surface area contributed by atoms with E-state index >= 15 is 0 Å². The van der Waals surface area contributed by atoms with E-state index in [4.69, 9.17) is 0 Å². The average Bonchev–Trinajstić information content (AvgIpc) is 2.69. The van der Waals surface area contributed by atoms with Gasteiger partial charge in [-0.1, -0.05) is 38.3 Å². The molecule has 28 heavy (non-hydrogen) atoms. The Bertz CT molecular complexity index is 791. The second kappa shape index (κ2) is 9.58. The van der Waals surface area contributed by atoms with Gasteiger partial charge in [-0.15, -0.1) is 0 Å². The number of hydrogen-bond acceptors (Lipinski definition) is 0. The molecule has 0 aromatic heterocycles. The molecule has 0 atom stereocenters. The zero-order valence-corrected chi connectivity index (χ0v) is 16.4. The Hall–Kier alpha value is -1.84. The topological polar surface area (TPSA) is 0 Å². The van der Waals surface area contributed by atoms with Crippen molar-refractivity contribution in [3.63, 3.8) is 0 Å². The molecule has 0 aliphatic heterocycles. The fourth-order valence-electron chi connectivity index (χ4n) is 4.32. The fourth-order valence-corrected chi connectivity index (χ4v) is 4.32. The Labute approximate surface area is 165 Å². The summed E-state index contributed by atoms with van der Waals surface area (Å²) in [6, 6.07) is 6.73. The molecule has 0 bridgehead atoms. The number of rotatable bonds is 7. The first-order valence-corrected chi connectivity index (χ1v) is 10.4. The monoisotopic (exact) mass is 392 g/mol. The van der Waals surface area contributed by atoms with E-state index in [1.54, 1.807) is 12.1 Å².